The number of nitrogens with two attached hydrogens (primary N) is 1. The zero-order valence-electron chi connectivity index (χ0n) is 6.83. The van der Waals surface area contributed by atoms with Crippen LogP contribution in [0.4, 0.5) is 0 Å². The number of nitrogen functional groups attached to an aromatic ring is 1. The van der Waals surface area contributed by atoms with Crippen molar-refractivity contribution < 1.29 is 5.11 Å². The Morgan fingerprint density at radius 1 is 1.46 bits per heavy atom. The van der Waals surface area contributed by atoms with Crippen molar-refractivity contribution in [2.24, 2.45) is 5.73 Å². The summed E-state index contributed by atoms with van der Waals surface area (Å²) in [6.07, 6.45) is 1.62. The summed E-state index contributed by atoms with van der Waals surface area (Å²) < 4.78 is 0. The molecule has 0 saturated heterocycles. The monoisotopic (exact) mass is 175 g/mol. The molecule has 0 fully saturated rings. The lowest BCUT2D eigenvalue weighted by molar-refractivity contribution is 0.481. The molecule has 4 nitrogen and oxygen atoms in total. The van der Waals surface area contributed by atoms with Gasteiger partial charge < -0.3 is 15.8 Å². The van der Waals surface area contributed by atoms with Gasteiger partial charge in [-0.05, 0) is 12.1 Å². The number of hydrogen-bond acceptors (Lipinski definition) is 2. The second kappa shape index (κ2) is 2.52. The maximum Gasteiger partial charge on any atom is 0.125 e. The van der Waals surface area contributed by atoms with Gasteiger partial charge in [0.15, 0.2) is 0 Å². The summed E-state index contributed by atoms with van der Waals surface area (Å²) in [4.78, 5) is 2.93. The Kier molecular flexibility index (Phi) is 1.48. The molecule has 0 aliphatic heterocycles. The van der Waals surface area contributed by atoms with Gasteiger partial charge in [-0.25, -0.2) is 0 Å². The molecule has 1 aromatic carbocycles. The minimum Gasteiger partial charge on any atom is -0.507 e. The number of amidine groups is 1. The van der Waals surface area contributed by atoms with Crippen LogP contribution in [0.3, 0.4) is 0 Å². The van der Waals surface area contributed by atoms with Crippen LogP contribution >= 0.6 is 0 Å². The summed E-state index contributed by atoms with van der Waals surface area (Å²) in [6, 6.07) is 5.13. The highest BCUT2D eigenvalue weighted by Crippen LogP contribution is 2.26. The van der Waals surface area contributed by atoms with Gasteiger partial charge in [-0.15, -0.1) is 0 Å². The SMILES string of the molecule is N=C(N)c1c[nH]c2cccc(O)c12. The van der Waals surface area contributed by atoms with E-state index >= 15 is 0 Å². The summed E-state index contributed by atoms with van der Waals surface area (Å²) in [7, 11) is 0. The molecule has 0 aliphatic rings. The second-order valence-corrected chi connectivity index (χ2v) is 2.82. The number of aromatic hydroxyl groups is 1. The Morgan fingerprint density at radius 3 is 2.92 bits per heavy atom. The molecule has 66 valence electrons. The van der Waals surface area contributed by atoms with Crippen LogP contribution in [0.15, 0.2) is 24.4 Å². The van der Waals surface area contributed by atoms with E-state index in [9.17, 15) is 5.11 Å². The van der Waals surface area contributed by atoms with Crippen molar-refractivity contribution in [1.82, 2.24) is 4.98 Å². The Hall–Kier alpha value is -1.97. The molecule has 1 heterocycles. The topological polar surface area (TPSA) is 85.9 Å². The first kappa shape index (κ1) is 7.67. The summed E-state index contributed by atoms with van der Waals surface area (Å²) in [6.45, 7) is 0. The maximum absolute atomic E-state index is 9.52. The Morgan fingerprint density at radius 2 is 2.23 bits per heavy atom. The number of hydrogen-bond donors (Lipinski definition) is 4. The number of phenolic OH excluding ortho intramolecular Hbond substituents is 1. The van der Waals surface area contributed by atoms with Gasteiger partial charge >= 0.3 is 0 Å². The molecule has 0 saturated carbocycles. The van der Waals surface area contributed by atoms with Gasteiger partial charge in [-0.2, -0.15) is 0 Å². The van der Waals surface area contributed by atoms with Crippen molar-refractivity contribution in [3.8, 4) is 5.75 Å². The number of rotatable bonds is 1. The predicted molar refractivity (Wildman–Crippen MR) is 51.0 cm³/mol. The molecular weight excluding hydrogens is 166 g/mol. The highest BCUT2D eigenvalue weighted by atomic mass is 16.3. The lowest BCUT2D eigenvalue weighted by Gasteiger charge is -1.97. The zero-order valence-corrected chi connectivity index (χ0v) is 6.83. The van der Waals surface area contributed by atoms with Crippen LogP contribution in [-0.2, 0) is 0 Å². The molecule has 4 heteroatoms. The number of benzene rings is 1. The summed E-state index contributed by atoms with van der Waals surface area (Å²) in [5, 5.41) is 17.4. The zero-order chi connectivity index (χ0) is 9.42. The van der Waals surface area contributed by atoms with Gasteiger partial charge in [0.2, 0.25) is 0 Å². The van der Waals surface area contributed by atoms with E-state index in [-0.39, 0.29) is 11.6 Å². The van der Waals surface area contributed by atoms with Gasteiger partial charge in [0.05, 0.1) is 5.39 Å². The van der Waals surface area contributed by atoms with E-state index in [0.29, 0.717) is 10.9 Å². The van der Waals surface area contributed by atoms with Crippen molar-refractivity contribution in [1.29, 1.82) is 5.41 Å². The second-order valence-electron chi connectivity index (χ2n) is 2.82. The lowest BCUT2D eigenvalue weighted by atomic mass is 10.1. The van der Waals surface area contributed by atoms with E-state index in [1.54, 1.807) is 18.3 Å². The van der Waals surface area contributed by atoms with Crippen molar-refractivity contribution in [2.45, 2.75) is 0 Å². The number of aromatic nitrogens is 1. The molecule has 0 unspecified atom stereocenters. The largest absolute Gasteiger partial charge is 0.507 e. The quantitative estimate of drug-likeness (QED) is 0.387. The fraction of sp³-hybridized carbons (Fsp3) is 0. The van der Waals surface area contributed by atoms with Crippen molar-refractivity contribution in [3.05, 3.63) is 30.0 Å². The Labute approximate surface area is 74.5 Å². The van der Waals surface area contributed by atoms with Crippen LogP contribution in [0.2, 0.25) is 0 Å². The number of fused-ring (bicyclic) bond motifs is 1. The van der Waals surface area contributed by atoms with Crippen LogP contribution in [0, 0.1) is 5.41 Å². The average molecular weight is 175 g/mol. The minimum atomic E-state index is -0.0484. The van der Waals surface area contributed by atoms with E-state index in [4.69, 9.17) is 11.1 Å². The summed E-state index contributed by atoms with van der Waals surface area (Å²) in [5.41, 5.74) is 6.66. The molecule has 5 N–H and O–H groups in total. The maximum atomic E-state index is 9.52. The van der Waals surface area contributed by atoms with Crippen LogP contribution < -0.4 is 5.73 Å². The molecule has 0 bridgehead atoms. The normalized spacial score (nSPS) is 10.5. The smallest absolute Gasteiger partial charge is 0.125 e. The van der Waals surface area contributed by atoms with Crippen LogP contribution in [0.1, 0.15) is 5.56 Å². The van der Waals surface area contributed by atoms with Crippen molar-refractivity contribution in [2.75, 3.05) is 0 Å². The molecule has 2 aromatic rings. The van der Waals surface area contributed by atoms with E-state index in [1.165, 1.54) is 0 Å². The number of aromatic amines is 1. The van der Waals surface area contributed by atoms with Gasteiger partial charge in [0, 0.05) is 17.3 Å². The molecule has 13 heavy (non-hydrogen) atoms. The Bertz CT molecular complexity index is 473. The molecule has 1 aromatic heterocycles. The third-order valence-corrected chi connectivity index (χ3v) is 1.97. The number of nitrogens with one attached hydrogen (secondary N) is 2. The van der Waals surface area contributed by atoms with Crippen LogP contribution in [-0.4, -0.2) is 15.9 Å². The summed E-state index contributed by atoms with van der Waals surface area (Å²) in [5.74, 6) is 0.0942. The Balaban J connectivity index is 2.86. The highest BCUT2D eigenvalue weighted by Gasteiger charge is 2.08. The fourth-order valence-electron chi connectivity index (χ4n) is 1.38. The van der Waals surface area contributed by atoms with Gasteiger partial charge in [0.25, 0.3) is 0 Å². The molecule has 0 spiro atoms. The number of H-pyrrole nitrogens is 1. The van der Waals surface area contributed by atoms with Gasteiger partial charge in [-0.1, -0.05) is 6.07 Å². The average Bonchev–Trinajstić information content (AvgIpc) is 2.49. The molecule has 0 aliphatic carbocycles. The first-order valence-corrected chi connectivity index (χ1v) is 3.83. The van der Waals surface area contributed by atoms with Gasteiger partial charge in [0.1, 0.15) is 11.6 Å². The molecule has 0 amide bonds. The first-order chi connectivity index (χ1) is 6.20. The minimum absolute atomic E-state index is 0.0484. The molecule has 0 atom stereocenters. The number of phenols is 1. The van der Waals surface area contributed by atoms with E-state index in [1.807, 2.05) is 6.07 Å². The van der Waals surface area contributed by atoms with Crippen LogP contribution in [0.5, 0.6) is 5.75 Å². The third-order valence-electron chi connectivity index (χ3n) is 1.97. The van der Waals surface area contributed by atoms with E-state index in [0.717, 1.165) is 5.52 Å². The van der Waals surface area contributed by atoms with E-state index < -0.39 is 0 Å². The standard InChI is InChI=1S/C9H9N3O/c10-9(11)5-4-12-6-2-1-3-7(13)8(5)6/h1-4,12-13H,(H3,10,11). The first-order valence-electron chi connectivity index (χ1n) is 3.83. The third kappa shape index (κ3) is 1.03. The molecular formula is C9H9N3O. The van der Waals surface area contributed by atoms with Crippen molar-refractivity contribution in [3.63, 3.8) is 0 Å². The predicted octanol–water partition coefficient (Wildman–Crippen LogP) is 1.16. The summed E-state index contributed by atoms with van der Waals surface area (Å²) >= 11 is 0. The lowest BCUT2D eigenvalue weighted by Crippen LogP contribution is -2.09. The van der Waals surface area contributed by atoms with Crippen LogP contribution in [0.25, 0.3) is 10.9 Å². The molecule has 0 radical (unpaired) electrons. The van der Waals surface area contributed by atoms with E-state index in [2.05, 4.69) is 4.98 Å². The highest BCUT2D eigenvalue weighted by molar-refractivity contribution is 6.09. The van der Waals surface area contributed by atoms with Gasteiger partial charge in [-0.3, -0.25) is 5.41 Å². The molecule has 2 rings (SSSR count). The van der Waals surface area contributed by atoms with Crippen molar-refractivity contribution >= 4 is 16.7 Å². The fourth-order valence-corrected chi connectivity index (χ4v) is 1.38.